The molecule has 21 heavy (non-hydrogen) atoms. The van der Waals surface area contributed by atoms with Crippen LogP contribution in [-0.2, 0) is 4.79 Å². The van der Waals surface area contributed by atoms with Crippen LogP contribution in [0.3, 0.4) is 0 Å². The van der Waals surface area contributed by atoms with E-state index in [4.69, 9.17) is 9.94 Å². The van der Waals surface area contributed by atoms with Gasteiger partial charge in [-0.3, -0.25) is 15.1 Å². The molecule has 110 valence electrons. The third-order valence-corrected chi connectivity index (χ3v) is 2.76. The van der Waals surface area contributed by atoms with Gasteiger partial charge in [-0.1, -0.05) is 0 Å². The molecule has 2 aromatic heterocycles. The molecule has 0 bridgehead atoms. The molecular formula is C12H12N3O6+. The molecule has 4 N–H and O–H groups in total. The second-order valence-electron chi connectivity index (χ2n) is 4.04. The maximum Gasteiger partial charge on any atom is 0.359 e. The van der Waals surface area contributed by atoms with Crippen LogP contribution in [0.25, 0.3) is 11.0 Å². The van der Waals surface area contributed by atoms with E-state index in [1.807, 2.05) is 0 Å². The molecule has 0 spiro atoms. The summed E-state index contributed by atoms with van der Waals surface area (Å²) >= 11 is 0. The maximum absolute atomic E-state index is 12.2. The summed E-state index contributed by atoms with van der Waals surface area (Å²) < 4.78 is 0.809. The Morgan fingerprint density at radius 3 is 2.81 bits per heavy atom. The number of nitrogens with zero attached hydrogens (tertiary/aromatic N) is 2. The van der Waals surface area contributed by atoms with Crippen LogP contribution < -0.4 is 15.7 Å². The Balaban J connectivity index is 2.66. The first-order valence-corrected chi connectivity index (χ1v) is 5.84. The number of hydrogen-bond donors (Lipinski definition) is 3. The Labute approximate surface area is 117 Å². The topological polar surface area (TPSA) is 135 Å². The number of nitrogens with two attached hydrogens (primary N) is 1. The zero-order valence-corrected chi connectivity index (χ0v) is 10.9. The molecule has 2 heterocycles. The molecule has 9 heteroatoms. The third-order valence-electron chi connectivity index (χ3n) is 2.76. The van der Waals surface area contributed by atoms with Crippen LogP contribution in [-0.4, -0.2) is 45.5 Å². The number of rotatable bonds is 4. The monoisotopic (exact) mass is 294 g/mol. The number of carbonyl (C=O) groups is 2. The largest absolute Gasteiger partial charge is 0.505 e. The number of carboxylic acids is 1. The van der Waals surface area contributed by atoms with Gasteiger partial charge in [-0.25, -0.2) is 9.59 Å². The summed E-state index contributed by atoms with van der Waals surface area (Å²) in [5.74, 6) is -2.73. The second-order valence-corrected chi connectivity index (χ2v) is 4.04. The smallest absolute Gasteiger partial charge is 0.359 e. The molecule has 9 nitrogen and oxygen atoms in total. The van der Waals surface area contributed by atoms with Crippen molar-refractivity contribution in [3.05, 3.63) is 34.2 Å². The van der Waals surface area contributed by atoms with Gasteiger partial charge in [0.2, 0.25) is 0 Å². The van der Waals surface area contributed by atoms with Crippen LogP contribution in [0.5, 0.6) is 5.75 Å². The quantitative estimate of drug-likeness (QED) is 0.590. The Bertz CT molecular complexity index is 782. The van der Waals surface area contributed by atoms with Gasteiger partial charge in [0.1, 0.15) is 18.1 Å². The van der Waals surface area contributed by atoms with Crippen molar-refractivity contribution >= 4 is 22.9 Å². The molecule has 0 radical (unpaired) electrons. The lowest BCUT2D eigenvalue weighted by atomic mass is 10.2. The van der Waals surface area contributed by atoms with Gasteiger partial charge in [0.15, 0.2) is 17.9 Å². The Kier molecular flexibility index (Phi) is 3.85. The van der Waals surface area contributed by atoms with Gasteiger partial charge in [-0.15, -0.1) is 4.73 Å². The van der Waals surface area contributed by atoms with Gasteiger partial charge in [-0.2, -0.15) is 0 Å². The highest BCUT2D eigenvalue weighted by atomic mass is 16.6. The normalized spacial score (nSPS) is 10.5. The van der Waals surface area contributed by atoms with E-state index in [9.17, 15) is 19.5 Å². The van der Waals surface area contributed by atoms with Gasteiger partial charge in [0.25, 0.3) is 0 Å². The first-order chi connectivity index (χ1) is 9.97. The summed E-state index contributed by atoms with van der Waals surface area (Å²) in [7, 11) is 1.22. The lowest BCUT2D eigenvalue weighted by Gasteiger charge is -2.10. The number of quaternary nitrogens is 1. The first kappa shape index (κ1) is 14.5. The number of carboxylic acid groups (broad SMARTS) is 1. The summed E-state index contributed by atoms with van der Waals surface area (Å²) in [6.07, 6.45) is 1.38. The standard InChI is InChI=1S/C12H11N3O6/c1-21-15-6-3-2-4-13-9(6)10(18)8(12(15)20)11(19)14-5-7(16)17/h2-4,18H,5H2,1H3,(H,14,19)(H,16,17)/p+1. The van der Waals surface area contributed by atoms with Crippen LogP contribution in [0.1, 0.15) is 10.4 Å². The highest BCUT2D eigenvalue weighted by Gasteiger charge is 2.26. The number of primary amides is 1. The number of carbonyl (C=O) groups excluding carboxylic acids is 1. The van der Waals surface area contributed by atoms with Crippen LogP contribution >= 0.6 is 0 Å². The number of aliphatic carboxylic acids is 1. The van der Waals surface area contributed by atoms with E-state index in [1.165, 1.54) is 25.4 Å². The Hall–Kier alpha value is -2.94. The molecule has 0 aliphatic heterocycles. The number of fused-ring (bicyclic) bond motifs is 1. The van der Waals surface area contributed by atoms with Gasteiger partial charge in [0.05, 0.1) is 0 Å². The van der Waals surface area contributed by atoms with Crippen LogP contribution in [0, 0.1) is 0 Å². The lowest BCUT2D eigenvalue weighted by Crippen LogP contribution is -2.90. The Morgan fingerprint density at radius 1 is 1.48 bits per heavy atom. The van der Waals surface area contributed by atoms with E-state index in [2.05, 4.69) is 4.98 Å². The van der Waals surface area contributed by atoms with E-state index in [1.54, 1.807) is 0 Å². The van der Waals surface area contributed by atoms with Crippen molar-refractivity contribution in [2.45, 2.75) is 0 Å². The molecule has 1 amide bonds. The number of amides is 1. The van der Waals surface area contributed by atoms with E-state index >= 15 is 0 Å². The summed E-state index contributed by atoms with van der Waals surface area (Å²) in [6, 6.07) is 3.02. The van der Waals surface area contributed by atoms with E-state index < -0.39 is 35.3 Å². The molecule has 0 aromatic carbocycles. The van der Waals surface area contributed by atoms with Crippen molar-refractivity contribution in [2.75, 3.05) is 13.7 Å². The van der Waals surface area contributed by atoms with Crippen molar-refractivity contribution in [2.24, 2.45) is 0 Å². The molecule has 0 aliphatic rings. The van der Waals surface area contributed by atoms with E-state index in [-0.39, 0.29) is 11.0 Å². The molecule has 0 saturated heterocycles. The third kappa shape index (κ3) is 2.54. The fourth-order valence-corrected chi connectivity index (χ4v) is 1.86. The number of aromatic nitrogens is 2. The summed E-state index contributed by atoms with van der Waals surface area (Å²) in [5, 5.41) is 19.4. The number of hydrogen-bond acceptors (Lipinski definition) is 6. The molecule has 0 unspecified atom stereocenters. The molecular weight excluding hydrogens is 282 g/mol. The fraction of sp³-hybridized carbons (Fsp3) is 0.167. The minimum absolute atomic E-state index is 0.00558. The second kappa shape index (κ2) is 5.59. The van der Waals surface area contributed by atoms with Gasteiger partial charge >= 0.3 is 17.4 Å². The highest BCUT2D eigenvalue weighted by molar-refractivity contribution is 5.96. The molecule has 0 aliphatic carbocycles. The number of aromatic hydroxyl groups is 1. The minimum atomic E-state index is -1.23. The predicted octanol–water partition coefficient (Wildman–Crippen LogP) is -2.05. The SMILES string of the molecule is COn1c(=O)c(C(=O)[NH2+]CC(=O)O)c(O)c2ncccc21. The van der Waals surface area contributed by atoms with Crippen LogP contribution in [0.4, 0.5) is 0 Å². The summed E-state index contributed by atoms with van der Waals surface area (Å²) in [4.78, 5) is 43.4. The zero-order valence-electron chi connectivity index (χ0n) is 10.9. The molecule has 0 saturated carbocycles. The van der Waals surface area contributed by atoms with Crippen molar-refractivity contribution < 1.29 is 30.0 Å². The van der Waals surface area contributed by atoms with Gasteiger partial charge in [0, 0.05) is 6.20 Å². The van der Waals surface area contributed by atoms with Gasteiger partial charge < -0.3 is 15.1 Å². The van der Waals surface area contributed by atoms with Crippen LogP contribution in [0.15, 0.2) is 23.1 Å². The zero-order chi connectivity index (χ0) is 15.6. The average Bonchev–Trinajstić information content (AvgIpc) is 2.46. The summed E-state index contributed by atoms with van der Waals surface area (Å²) in [5.41, 5.74) is -1.27. The van der Waals surface area contributed by atoms with Crippen molar-refractivity contribution in [3.8, 4) is 5.75 Å². The molecule has 0 atom stereocenters. The van der Waals surface area contributed by atoms with Crippen LogP contribution in [0.2, 0.25) is 0 Å². The maximum atomic E-state index is 12.2. The lowest BCUT2D eigenvalue weighted by molar-refractivity contribution is -0.545. The predicted molar refractivity (Wildman–Crippen MR) is 68.9 cm³/mol. The molecule has 2 rings (SSSR count). The molecule has 0 fully saturated rings. The molecule has 2 aromatic rings. The summed E-state index contributed by atoms with van der Waals surface area (Å²) in [6.45, 7) is -0.565. The minimum Gasteiger partial charge on any atom is -0.505 e. The van der Waals surface area contributed by atoms with Crippen molar-refractivity contribution in [1.82, 2.24) is 9.71 Å². The van der Waals surface area contributed by atoms with Gasteiger partial charge in [-0.05, 0) is 12.1 Å². The average molecular weight is 294 g/mol. The Morgan fingerprint density at radius 2 is 2.19 bits per heavy atom. The van der Waals surface area contributed by atoms with Crippen molar-refractivity contribution in [3.63, 3.8) is 0 Å². The van der Waals surface area contributed by atoms with Crippen molar-refractivity contribution in [1.29, 1.82) is 0 Å². The number of pyridine rings is 2. The van der Waals surface area contributed by atoms with E-state index in [0.717, 1.165) is 10.0 Å². The highest BCUT2D eigenvalue weighted by Crippen LogP contribution is 2.22. The fourth-order valence-electron chi connectivity index (χ4n) is 1.86. The van der Waals surface area contributed by atoms with E-state index in [0.29, 0.717) is 0 Å². The first-order valence-electron chi connectivity index (χ1n) is 5.84.